The molecule has 1 aliphatic rings. The van der Waals surface area contributed by atoms with E-state index in [1.807, 2.05) is 27.7 Å². The van der Waals surface area contributed by atoms with E-state index in [0.717, 1.165) is 13.0 Å². The summed E-state index contributed by atoms with van der Waals surface area (Å²) >= 11 is 0. The Labute approximate surface area is 121 Å². The molecule has 0 bridgehead atoms. The molecule has 6 heteroatoms. The molecule has 1 rings (SSSR count). The third-order valence-electron chi connectivity index (χ3n) is 3.27. The summed E-state index contributed by atoms with van der Waals surface area (Å²) in [5, 5.41) is 2.88. The van der Waals surface area contributed by atoms with Crippen molar-refractivity contribution < 1.29 is 9.59 Å². The van der Waals surface area contributed by atoms with E-state index in [1.165, 1.54) is 0 Å². The van der Waals surface area contributed by atoms with Crippen molar-refractivity contribution in [3.8, 4) is 0 Å². The minimum Gasteiger partial charge on any atom is -0.351 e. The number of nitrogens with zero attached hydrogens (tertiary/aromatic N) is 1. The minimum absolute atomic E-state index is 0. The second-order valence-corrected chi connectivity index (χ2v) is 6.20. The van der Waals surface area contributed by atoms with Gasteiger partial charge in [0, 0.05) is 25.6 Å². The Balaban J connectivity index is 0.00000324. The Hall–Kier alpha value is -0.810. The van der Waals surface area contributed by atoms with E-state index in [1.54, 1.807) is 4.90 Å². The molecule has 1 aliphatic heterocycles. The van der Waals surface area contributed by atoms with Gasteiger partial charge < -0.3 is 16.0 Å². The van der Waals surface area contributed by atoms with Crippen LogP contribution in [0.3, 0.4) is 0 Å². The summed E-state index contributed by atoms with van der Waals surface area (Å²) in [5.41, 5.74) is 5.63. The molecule has 1 saturated heterocycles. The zero-order valence-electron chi connectivity index (χ0n) is 12.2. The maximum atomic E-state index is 11.9. The lowest BCUT2D eigenvalue weighted by Crippen LogP contribution is -2.52. The van der Waals surface area contributed by atoms with Crippen LogP contribution < -0.4 is 11.1 Å². The molecule has 0 aromatic rings. The smallest absolute Gasteiger partial charge is 0.237 e. The SMILES string of the molecule is CC(CN1CCCC1=O)NC(=O)[C@@H](N)C(C)(C)C.Cl. The fraction of sp³-hybridized carbons (Fsp3) is 0.846. The summed E-state index contributed by atoms with van der Waals surface area (Å²) < 4.78 is 0. The van der Waals surface area contributed by atoms with Gasteiger partial charge in [0.2, 0.25) is 11.8 Å². The van der Waals surface area contributed by atoms with Gasteiger partial charge in [-0.15, -0.1) is 12.4 Å². The van der Waals surface area contributed by atoms with Gasteiger partial charge in [0.25, 0.3) is 0 Å². The molecule has 0 aromatic carbocycles. The number of halogens is 1. The molecule has 3 N–H and O–H groups in total. The number of nitrogens with one attached hydrogen (secondary N) is 1. The molecular formula is C13H26ClN3O2. The predicted octanol–water partition coefficient (Wildman–Crippen LogP) is 0.909. The van der Waals surface area contributed by atoms with E-state index in [-0.39, 0.29) is 35.7 Å². The molecule has 19 heavy (non-hydrogen) atoms. The van der Waals surface area contributed by atoms with Crippen LogP contribution in [0, 0.1) is 5.41 Å². The van der Waals surface area contributed by atoms with Crippen LogP contribution in [-0.2, 0) is 9.59 Å². The van der Waals surface area contributed by atoms with Crippen LogP contribution in [0.4, 0.5) is 0 Å². The van der Waals surface area contributed by atoms with Crippen LogP contribution in [0.5, 0.6) is 0 Å². The van der Waals surface area contributed by atoms with Gasteiger partial charge in [0.1, 0.15) is 0 Å². The van der Waals surface area contributed by atoms with Gasteiger partial charge in [-0.2, -0.15) is 0 Å². The van der Waals surface area contributed by atoms with Crippen LogP contribution in [0.15, 0.2) is 0 Å². The van der Waals surface area contributed by atoms with E-state index in [2.05, 4.69) is 5.32 Å². The normalized spacial score (nSPS) is 18.8. The predicted molar refractivity (Wildman–Crippen MR) is 78.1 cm³/mol. The van der Waals surface area contributed by atoms with Gasteiger partial charge in [-0.3, -0.25) is 9.59 Å². The number of hydrogen-bond donors (Lipinski definition) is 2. The second kappa shape index (κ2) is 7.10. The van der Waals surface area contributed by atoms with Gasteiger partial charge in [0.05, 0.1) is 6.04 Å². The molecule has 112 valence electrons. The first kappa shape index (κ1) is 18.2. The highest BCUT2D eigenvalue weighted by Gasteiger charge is 2.29. The van der Waals surface area contributed by atoms with Gasteiger partial charge in [-0.1, -0.05) is 20.8 Å². The van der Waals surface area contributed by atoms with Crippen LogP contribution in [0.2, 0.25) is 0 Å². The highest BCUT2D eigenvalue weighted by Crippen LogP contribution is 2.17. The van der Waals surface area contributed by atoms with Crippen molar-refractivity contribution in [2.24, 2.45) is 11.1 Å². The van der Waals surface area contributed by atoms with E-state index in [0.29, 0.717) is 13.0 Å². The Bertz CT molecular complexity index is 328. The first-order chi connectivity index (χ1) is 8.21. The summed E-state index contributed by atoms with van der Waals surface area (Å²) in [6.45, 7) is 9.08. The molecule has 0 spiro atoms. The monoisotopic (exact) mass is 291 g/mol. The fourth-order valence-electron chi connectivity index (χ4n) is 2.00. The molecule has 2 atom stereocenters. The van der Waals surface area contributed by atoms with Gasteiger partial charge >= 0.3 is 0 Å². The Morgan fingerprint density at radius 3 is 2.47 bits per heavy atom. The molecule has 0 radical (unpaired) electrons. The van der Waals surface area contributed by atoms with Crippen molar-refractivity contribution in [3.63, 3.8) is 0 Å². The van der Waals surface area contributed by atoms with Crippen LogP contribution in [0.1, 0.15) is 40.5 Å². The fourth-order valence-corrected chi connectivity index (χ4v) is 2.00. The molecular weight excluding hydrogens is 266 g/mol. The van der Waals surface area contributed by atoms with Gasteiger partial charge in [0.15, 0.2) is 0 Å². The third-order valence-corrected chi connectivity index (χ3v) is 3.27. The van der Waals surface area contributed by atoms with Crippen molar-refractivity contribution in [2.75, 3.05) is 13.1 Å². The average Bonchev–Trinajstić information content (AvgIpc) is 2.61. The third kappa shape index (κ3) is 5.37. The molecule has 1 fully saturated rings. The second-order valence-electron chi connectivity index (χ2n) is 6.20. The van der Waals surface area contributed by atoms with E-state index in [9.17, 15) is 9.59 Å². The molecule has 1 heterocycles. The maximum Gasteiger partial charge on any atom is 0.237 e. The zero-order valence-corrected chi connectivity index (χ0v) is 13.0. The Kier molecular flexibility index (Phi) is 6.80. The van der Waals surface area contributed by atoms with E-state index in [4.69, 9.17) is 5.73 Å². The summed E-state index contributed by atoms with van der Waals surface area (Å²) in [7, 11) is 0. The van der Waals surface area contributed by atoms with Crippen molar-refractivity contribution in [1.29, 1.82) is 0 Å². The lowest BCUT2D eigenvalue weighted by molar-refractivity contribution is -0.129. The lowest BCUT2D eigenvalue weighted by atomic mass is 9.87. The average molecular weight is 292 g/mol. The van der Waals surface area contributed by atoms with E-state index >= 15 is 0 Å². The maximum absolute atomic E-state index is 11.9. The molecule has 0 aromatic heterocycles. The molecule has 0 aliphatic carbocycles. The molecule has 0 saturated carbocycles. The number of amides is 2. The number of likely N-dealkylation sites (tertiary alicyclic amines) is 1. The molecule has 5 nitrogen and oxygen atoms in total. The van der Waals surface area contributed by atoms with Crippen molar-refractivity contribution >= 4 is 24.2 Å². The summed E-state index contributed by atoms with van der Waals surface area (Å²) in [6, 6.07) is -0.595. The summed E-state index contributed by atoms with van der Waals surface area (Å²) in [6.07, 6.45) is 1.54. The number of hydrogen-bond acceptors (Lipinski definition) is 3. The highest BCUT2D eigenvalue weighted by molar-refractivity contribution is 5.85. The number of carbonyl (C=O) groups excluding carboxylic acids is 2. The minimum atomic E-state index is -0.533. The van der Waals surface area contributed by atoms with E-state index < -0.39 is 6.04 Å². The molecule has 2 amide bonds. The summed E-state index contributed by atoms with van der Waals surface area (Å²) in [4.78, 5) is 25.2. The number of nitrogens with two attached hydrogens (primary N) is 1. The number of carbonyl (C=O) groups is 2. The summed E-state index contributed by atoms with van der Waals surface area (Å²) in [5.74, 6) is 0.0258. The quantitative estimate of drug-likeness (QED) is 0.808. The number of rotatable bonds is 4. The molecule has 1 unspecified atom stereocenters. The standard InChI is InChI=1S/C13H25N3O2.ClH/c1-9(8-16-7-5-6-10(16)17)15-12(18)11(14)13(2,3)4;/h9,11H,5-8,14H2,1-4H3,(H,15,18);1H/t9?,11-;/m1./s1. The zero-order chi connectivity index (χ0) is 13.9. The highest BCUT2D eigenvalue weighted by atomic mass is 35.5. The van der Waals surface area contributed by atoms with Gasteiger partial charge in [-0.05, 0) is 18.8 Å². The Morgan fingerprint density at radius 2 is 2.05 bits per heavy atom. The van der Waals surface area contributed by atoms with Gasteiger partial charge in [-0.25, -0.2) is 0 Å². The first-order valence-electron chi connectivity index (χ1n) is 6.55. The van der Waals surface area contributed by atoms with Crippen LogP contribution in [-0.4, -0.2) is 41.9 Å². The topological polar surface area (TPSA) is 75.4 Å². The van der Waals surface area contributed by atoms with Crippen molar-refractivity contribution in [1.82, 2.24) is 10.2 Å². The van der Waals surface area contributed by atoms with Crippen molar-refractivity contribution in [3.05, 3.63) is 0 Å². The largest absolute Gasteiger partial charge is 0.351 e. The van der Waals surface area contributed by atoms with Crippen LogP contribution in [0.25, 0.3) is 0 Å². The first-order valence-corrected chi connectivity index (χ1v) is 6.55. The lowest BCUT2D eigenvalue weighted by Gasteiger charge is -2.28. The van der Waals surface area contributed by atoms with Crippen LogP contribution >= 0.6 is 12.4 Å². The van der Waals surface area contributed by atoms with Crippen molar-refractivity contribution in [2.45, 2.75) is 52.6 Å². The Morgan fingerprint density at radius 1 is 1.47 bits per heavy atom.